The van der Waals surface area contributed by atoms with Gasteiger partial charge >= 0.3 is 12.1 Å². The van der Waals surface area contributed by atoms with Crippen LogP contribution in [0.1, 0.15) is 54.8 Å². The molecule has 0 amide bonds. The maximum atomic E-state index is 14.7. The van der Waals surface area contributed by atoms with Crippen molar-refractivity contribution in [3.63, 3.8) is 0 Å². The highest BCUT2D eigenvalue weighted by molar-refractivity contribution is 9.10. The summed E-state index contributed by atoms with van der Waals surface area (Å²) in [6.45, 7) is -0.316. The summed E-state index contributed by atoms with van der Waals surface area (Å²) in [5, 5.41) is 1.25. The van der Waals surface area contributed by atoms with Crippen molar-refractivity contribution in [1.82, 2.24) is 8.87 Å². The van der Waals surface area contributed by atoms with E-state index in [9.17, 15) is 31.2 Å². The quantitative estimate of drug-likeness (QED) is 0.207. The second-order valence-electron chi connectivity index (χ2n) is 11.4. The zero-order valence-corrected chi connectivity index (χ0v) is 26.7. The van der Waals surface area contributed by atoms with Crippen LogP contribution in [0.5, 0.6) is 0 Å². The van der Waals surface area contributed by atoms with Gasteiger partial charge < -0.3 is 4.74 Å². The average molecular weight is 704 g/mol. The molecule has 2 aliphatic rings. The molecule has 0 spiro atoms. The summed E-state index contributed by atoms with van der Waals surface area (Å²) >= 11 is 3.40. The fourth-order valence-corrected chi connectivity index (χ4v) is 9.32. The number of aromatic nitrogens is 1. The van der Waals surface area contributed by atoms with E-state index < -0.39 is 50.4 Å². The van der Waals surface area contributed by atoms with E-state index in [2.05, 4.69) is 15.9 Å². The molecular weight excluding hydrogens is 673 g/mol. The summed E-state index contributed by atoms with van der Waals surface area (Å²) in [7, 11) is -3.34. The Morgan fingerprint density at radius 1 is 1.00 bits per heavy atom. The minimum absolute atomic E-state index is 0.0262. The second kappa shape index (κ2) is 12.0. The van der Waals surface area contributed by atoms with Crippen LogP contribution in [-0.4, -0.2) is 43.0 Å². The molecule has 2 heterocycles. The van der Waals surface area contributed by atoms with E-state index in [1.165, 1.54) is 16.4 Å². The molecule has 0 saturated heterocycles. The van der Waals surface area contributed by atoms with Gasteiger partial charge in [0, 0.05) is 24.6 Å². The maximum absolute atomic E-state index is 14.7. The van der Waals surface area contributed by atoms with Crippen molar-refractivity contribution in [2.75, 3.05) is 13.7 Å². The first-order valence-electron chi connectivity index (χ1n) is 14.6. The van der Waals surface area contributed by atoms with E-state index >= 15 is 0 Å². The Balaban J connectivity index is 1.71. The minimum Gasteiger partial charge on any atom is -0.467 e. The second-order valence-corrected chi connectivity index (χ2v) is 14.0. The monoisotopic (exact) mass is 702 g/mol. The number of rotatable bonds is 5. The molecule has 1 aliphatic heterocycles. The Morgan fingerprint density at radius 3 is 2.40 bits per heavy atom. The summed E-state index contributed by atoms with van der Waals surface area (Å²) < 4.78 is 78.6. The molecule has 1 saturated carbocycles. The SMILES string of the molecule is COC(=O)C1CN(C2CCCCC2)S(=O)(=O)c2c(-c3cccc(C(F)(F)F)c3)c(Cc3cccc4ccccc34)c(Br)c(=O)n21. The molecule has 1 fully saturated rings. The predicted octanol–water partition coefficient (Wildman–Crippen LogP) is 7.09. The highest BCUT2D eigenvalue weighted by atomic mass is 79.9. The smallest absolute Gasteiger partial charge is 0.416 e. The van der Waals surface area contributed by atoms with E-state index in [4.69, 9.17) is 4.74 Å². The fourth-order valence-electron chi connectivity index (χ4n) is 6.67. The highest BCUT2D eigenvalue weighted by Crippen LogP contribution is 2.43. The number of alkyl halides is 3. The van der Waals surface area contributed by atoms with Crippen molar-refractivity contribution in [1.29, 1.82) is 0 Å². The number of hydrogen-bond donors (Lipinski definition) is 0. The largest absolute Gasteiger partial charge is 0.467 e. The van der Waals surface area contributed by atoms with Crippen LogP contribution < -0.4 is 5.56 Å². The van der Waals surface area contributed by atoms with E-state index in [0.717, 1.165) is 59.4 Å². The first-order chi connectivity index (χ1) is 21.4. The van der Waals surface area contributed by atoms with Crippen molar-refractivity contribution in [3.05, 3.63) is 98.2 Å². The third kappa shape index (κ3) is 5.61. The van der Waals surface area contributed by atoms with Crippen LogP contribution in [0.2, 0.25) is 0 Å². The van der Waals surface area contributed by atoms with Crippen LogP contribution in [-0.2, 0) is 32.2 Å². The zero-order chi connectivity index (χ0) is 32.1. The lowest BCUT2D eigenvalue weighted by Gasteiger charge is -2.40. The number of methoxy groups -OCH3 is 1. The van der Waals surface area contributed by atoms with Gasteiger partial charge in [-0.1, -0.05) is 73.9 Å². The van der Waals surface area contributed by atoms with Gasteiger partial charge in [0.05, 0.1) is 17.1 Å². The predicted molar refractivity (Wildman–Crippen MR) is 167 cm³/mol. The van der Waals surface area contributed by atoms with Crippen LogP contribution in [0, 0.1) is 0 Å². The average Bonchev–Trinajstić information content (AvgIpc) is 3.03. The van der Waals surface area contributed by atoms with Crippen LogP contribution in [0.15, 0.2) is 81.0 Å². The molecule has 12 heteroatoms. The molecule has 4 aromatic rings. The van der Waals surface area contributed by atoms with Gasteiger partial charge in [0.1, 0.15) is 6.04 Å². The number of ether oxygens (including phenoxy) is 1. The number of nitrogens with zero attached hydrogens (tertiary/aromatic N) is 2. The summed E-state index contributed by atoms with van der Waals surface area (Å²) in [6.07, 6.45) is -1.03. The lowest BCUT2D eigenvalue weighted by Crippen LogP contribution is -2.53. The number of carbonyl (C=O) groups is 1. The lowest BCUT2D eigenvalue weighted by molar-refractivity contribution is -0.145. The van der Waals surface area contributed by atoms with E-state index in [1.807, 2.05) is 42.5 Å². The number of fused-ring (bicyclic) bond motifs is 2. The summed E-state index contributed by atoms with van der Waals surface area (Å²) in [6, 6.07) is 15.7. The van der Waals surface area contributed by atoms with Crippen molar-refractivity contribution >= 4 is 42.7 Å². The number of halogens is 4. The summed E-state index contributed by atoms with van der Waals surface area (Å²) in [4.78, 5) is 27.4. The third-order valence-electron chi connectivity index (χ3n) is 8.80. The lowest BCUT2D eigenvalue weighted by atomic mass is 9.92. The van der Waals surface area contributed by atoms with Crippen LogP contribution in [0.4, 0.5) is 13.2 Å². The van der Waals surface area contributed by atoms with Gasteiger partial charge in [-0.25, -0.2) is 13.2 Å². The molecular formula is C33H30BrF3N2O5S. The topological polar surface area (TPSA) is 85.7 Å². The Hall–Kier alpha value is -3.48. The molecule has 1 aliphatic carbocycles. The molecule has 1 aromatic heterocycles. The summed E-state index contributed by atoms with van der Waals surface area (Å²) in [5.74, 6) is -0.822. The molecule has 6 rings (SSSR count). The van der Waals surface area contributed by atoms with Crippen molar-refractivity contribution in [2.24, 2.45) is 0 Å². The van der Waals surface area contributed by atoms with Gasteiger partial charge in [-0.3, -0.25) is 9.36 Å². The maximum Gasteiger partial charge on any atom is 0.416 e. The van der Waals surface area contributed by atoms with Gasteiger partial charge in [0.15, 0.2) is 5.03 Å². The molecule has 1 atom stereocenters. The van der Waals surface area contributed by atoms with Gasteiger partial charge in [0.2, 0.25) is 0 Å². The van der Waals surface area contributed by atoms with E-state index in [1.54, 1.807) is 0 Å². The van der Waals surface area contributed by atoms with Gasteiger partial charge in [-0.15, -0.1) is 0 Å². The Labute approximate surface area is 266 Å². The molecule has 1 unspecified atom stereocenters. The zero-order valence-electron chi connectivity index (χ0n) is 24.3. The Morgan fingerprint density at radius 2 is 1.69 bits per heavy atom. The Bertz CT molecular complexity index is 1960. The van der Waals surface area contributed by atoms with E-state index in [-0.39, 0.29) is 34.1 Å². The molecule has 45 heavy (non-hydrogen) atoms. The summed E-state index contributed by atoms with van der Waals surface area (Å²) in [5.41, 5.74) is -0.901. The van der Waals surface area contributed by atoms with Gasteiger partial charge in [-0.2, -0.15) is 17.5 Å². The molecule has 236 valence electrons. The number of esters is 1. The van der Waals surface area contributed by atoms with E-state index in [0.29, 0.717) is 12.8 Å². The third-order valence-corrected chi connectivity index (χ3v) is 11.6. The number of pyridine rings is 1. The number of hydrogen-bond acceptors (Lipinski definition) is 5. The van der Waals surface area contributed by atoms with Crippen molar-refractivity contribution in [3.8, 4) is 11.1 Å². The number of sulfonamides is 1. The van der Waals surface area contributed by atoms with Crippen LogP contribution >= 0.6 is 15.9 Å². The number of benzene rings is 3. The minimum atomic E-state index is -4.71. The molecule has 0 N–H and O–H groups in total. The first kappa shape index (κ1) is 31.5. The number of carbonyl (C=O) groups excluding carboxylic acids is 1. The Kier molecular flexibility index (Phi) is 8.42. The highest BCUT2D eigenvalue weighted by Gasteiger charge is 2.47. The van der Waals surface area contributed by atoms with Gasteiger partial charge in [-0.05, 0) is 68.4 Å². The standard InChI is InChI=1S/C33H30BrF3N2O5S/c1-44-32(41)27-19-38(24-14-3-2-4-15-24)45(42,43)31-28(22-12-8-13-23(17-22)33(35,36)37)26(29(34)30(40)39(27)31)18-21-11-7-10-20-9-5-6-16-25(20)21/h5-13,16-17,24,27H,2-4,14-15,18-19H2,1H3. The van der Waals surface area contributed by atoms with Crippen molar-refractivity contribution in [2.45, 2.75) is 61.8 Å². The van der Waals surface area contributed by atoms with Gasteiger partial charge in [0.25, 0.3) is 15.6 Å². The normalized spacial score (nSPS) is 18.9. The van der Waals surface area contributed by atoms with Crippen LogP contribution in [0.3, 0.4) is 0 Å². The first-order valence-corrected chi connectivity index (χ1v) is 16.9. The molecule has 0 bridgehead atoms. The molecule has 0 radical (unpaired) electrons. The van der Waals surface area contributed by atoms with Crippen LogP contribution in [0.25, 0.3) is 21.9 Å². The molecule has 3 aromatic carbocycles. The fraction of sp³-hybridized carbons (Fsp3) is 0.333. The molecule has 7 nitrogen and oxygen atoms in total. The van der Waals surface area contributed by atoms with Crippen molar-refractivity contribution < 1.29 is 31.1 Å².